The van der Waals surface area contributed by atoms with Crippen molar-refractivity contribution in [2.75, 3.05) is 18.0 Å². The largest absolute Gasteiger partial charge is 0.372 e. The van der Waals surface area contributed by atoms with Gasteiger partial charge in [0.05, 0.1) is 0 Å². The molecule has 0 atom stereocenters. The van der Waals surface area contributed by atoms with E-state index in [1.165, 1.54) is 43.5 Å². The third-order valence-electron chi connectivity index (χ3n) is 4.49. The Balaban J connectivity index is 1.91. The number of hydrogen-bond donors (Lipinski definition) is 1. The molecule has 2 rings (SSSR count). The lowest BCUT2D eigenvalue weighted by Crippen LogP contribution is -2.28. The number of hydrogen-bond acceptors (Lipinski definition) is 2. The molecule has 1 aliphatic carbocycles. The van der Waals surface area contributed by atoms with E-state index in [1.807, 2.05) is 0 Å². The van der Waals surface area contributed by atoms with Crippen molar-refractivity contribution in [3.63, 3.8) is 0 Å². The zero-order chi connectivity index (χ0) is 14.4. The molecule has 0 bridgehead atoms. The Morgan fingerprint density at radius 2 is 1.75 bits per heavy atom. The van der Waals surface area contributed by atoms with E-state index < -0.39 is 0 Å². The van der Waals surface area contributed by atoms with Crippen molar-refractivity contribution in [1.82, 2.24) is 5.32 Å². The van der Waals surface area contributed by atoms with Gasteiger partial charge in [0.1, 0.15) is 0 Å². The van der Waals surface area contributed by atoms with Crippen LogP contribution in [0.25, 0.3) is 0 Å². The van der Waals surface area contributed by atoms with Gasteiger partial charge in [0.15, 0.2) is 0 Å². The normalized spacial score (nSPS) is 14.8. The van der Waals surface area contributed by atoms with Crippen LogP contribution in [0.1, 0.15) is 52.0 Å². The molecule has 2 nitrogen and oxygen atoms in total. The van der Waals surface area contributed by atoms with Gasteiger partial charge in [-0.15, -0.1) is 0 Å². The second-order valence-corrected chi connectivity index (χ2v) is 6.04. The maximum absolute atomic E-state index is 3.57. The minimum Gasteiger partial charge on any atom is -0.372 e. The second-order valence-electron chi connectivity index (χ2n) is 6.04. The van der Waals surface area contributed by atoms with Gasteiger partial charge in [-0.2, -0.15) is 0 Å². The Labute approximate surface area is 124 Å². The summed E-state index contributed by atoms with van der Waals surface area (Å²) in [6.07, 6.45) is 5.26. The Bertz CT molecular complexity index is 377. The summed E-state index contributed by atoms with van der Waals surface area (Å²) in [5, 5.41) is 3.57. The van der Waals surface area contributed by atoms with E-state index in [0.29, 0.717) is 0 Å². The molecular formula is C18H30N2. The molecule has 112 valence electrons. The third-order valence-corrected chi connectivity index (χ3v) is 4.49. The Kier molecular flexibility index (Phi) is 5.90. The molecule has 20 heavy (non-hydrogen) atoms. The molecule has 0 amide bonds. The predicted molar refractivity (Wildman–Crippen MR) is 88.3 cm³/mol. The smallest absolute Gasteiger partial charge is 0.0366 e. The zero-order valence-corrected chi connectivity index (χ0v) is 13.4. The average Bonchev–Trinajstić information content (AvgIpc) is 3.32. The fourth-order valence-corrected chi connectivity index (χ4v) is 2.65. The van der Waals surface area contributed by atoms with E-state index >= 15 is 0 Å². The highest BCUT2D eigenvalue weighted by atomic mass is 15.1. The Morgan fingerprint density at radius 3 is 2.25 bits per heavy atom. The van der Waals surface area contributed by atoms with Gasteiger partial charge in [-0.25, -0.2) is 0 Å². The number of nitrogens with zero attached hydrogens (tertiary/aromatic N) is 1. The van der Waals surface area contributed by atoms with Crippen LogP contribution in [-0.4, -0.2) is 19.1 Å². The topological polar surface area (TPSA) is 15.3 Å². The standard InChI is InChI=1S/C18H30N2/c1-4-15(5-2)14-20(6-3)18-11-7-16(8-12-18)13-19-17-9-10-17/h7-8,11-12,15,17,19H,4-6,9-10,13-14H2,1-3H3. The van der Waals surface area contributed by atoms with Crippen molar-refractivity contribution in [2.24, 2.45) is 5.92 Å². The van der Waals surface area contributed by atoms with E-state index in [4.69, 9.17) is 0 Å². The van der Waals surface area contributed by atoms with Crippen LogP contribution in [0, 0.1) is 5.92 Å². The highest BCUT2D eigenvalue weighted by Gasteiger charge is 2.19. The second kappa shape index (κ2) is 7.68. The average molecular weight is 274 g/mol. The van der Waals surface area contributed by atoms with E-state index in [1.54, 1.807) is 0 Å². The van der Waals surface area contributed by atoms with Crippen molar-refractivity contribution in [3.05, 3.63) is 29.8 Å². The molecule has 1 aliphatic rings. The van der Waals surface area contributed by atoms with Crippen molar-refractivity contribution in [2.45, 2.75) is 59.0 Å². The van der Waals surface area contributed by atoms with Crippen LogP contribution in [0.4, 0.5) is 5.69 Å². The summed E-state index contributed by atoms with van der Waals surface area (Å²) in [7, 11) is 0. The van der Waals surface area contributed by atoms with Crippen LogP contribution in [-0.2, 0) is 6.54 Å². The lowest BCUT2D eigenvalue weighted by atomic mass is 10.0. The SMILES string of the molecule is CCC(CC)CN(CC)c1ccc(CNC2CC2)cc1. The molecule has 0 aromatic heterocycles. The Hall–Kier alpha value is -1.02. The molecule has 1 aromatic rings. The number of nitrogens with one attached hydrogen (secondary N) is 1. The monoisotopic (exact) mass is 274 g/mol. The first kappa shape index (κ1) is 15.4. The summed E-state index contributed by atoms with van der Waals surface area (Å²) in [6.45, 7) is 10.2. The lowest BCUT2D eigenvalue weighted by molar-refractivity contribution is 0.486. The van der Waals surface area contributed by atoms with Gasteiger partial charge in [0.2, 0.25) is 0 Å². The first-order chi connectivity index (χ1) is 9.76. The molecule has 0 saturated heterocycles. The van der Waals surface area contributed by atoms with Crippen LogP contribution < -0.4 is 10.2 Å². The van der Waals surface area contributed by atoms with Gasteiger partial charge in [0, 0.05) is 31.4 Å². The molecule has 0 spiro atoms. The zero-order valence-electron chi connectivity index (χ0n) is 13.4. The fourth-order valence-electron chi connectivity index (χ4n) is 2.65. The molecule has 1 saturated carbocycles. The molecule has 0 radical (unpaired) electrons. The predicted octanol–water partition coefficient (Wildman–Crippen LogP) is 4.20. The summed E-state index contributed by atoms with van der Waals surface area (Å²) in [5.41, 5.74) is 2.77. The maximum atomic E-state index is 3.57. The number of rotatable bonds is 9. The molecule has 2 heteroatoms. The van der Waals surface area contributed by atoms with E-state index in [0.717, 1.165) is 25.0 Å². The summed E-state index contributed by atoms with van der Waals surface area (Å²) >= 11 is 0. The van der Waals surface area contributed by atoms with Gasteiger partial charge in [-0.3, -0.25) is 0 Å². The van der Waals surface area contributed by atoms with Gasteiger partial charge >= 0.3 is 0 Å². The van der Waals surface area contributed by atoms with Crippen molar-refractivity contribution in [3.8, 4) is 0 Å². The van der Waals surface area contributed by atoms with Crippen molar-refractivity contribution < 1.29 is 0 Å². The molecule has 0 heterocycles. The van der Waals surface area contributed by atoms with Crippen LogP contribution >= 0.6 is 0 Å². The van der Waals surface area contributed by atoms with Crippen LogP contribution in [0.2, 0.25) is 0 Å². The van der Waals surface area contributed by atoms with Gasteiger partial charge < -0.3 is 10.2 Å². The summed E-state index contributed by atoms with van der Waals surface area (Å²) < 4.78 is 0. The summed E-state index contributed by atoms with van der Waals surface area (Å²) in [5.74, 6) is 0.811. The first-order valence-electron chi connectivity index (χ1n) is 8.34. The van der Waals surface area contributed by atoms with Crippen LogP contribution in [0.5, 0.6) is 0 Å². The molecular weight excluding hydrogens is 244 g/mol. The molecule has 1 aromatic carbocycles. The third kappa shape index (κ3) is 4.52. The quantitative estimate of drug-likeness (QED) is 0.726. The van der Waals surface area contributed by atoms with E-state index in [9.17, 15) is 0 Å². The molecule has 1 fully saturated rings. The van der Waals surface area contributed by atoms with Crippen LogP contribution in [0.15, 0.2) is 24.3 Å². The highest BCUT2D eigenvalue weighted by molar-refractivity contribution is 5.47. The lowest BCUT2D eigenvalue weighted by Gasteiger charge is -2.27. The van der Waals surface area contributed by atoms with Crippen molar-refractivity contribution >= 4 is 5.69 Å². The maximum Gasteiger partial charge on any atom is 0.0366 e. The minimum atomic E-state index is 0.789. The minimum absolute atomic E-state index is 0.789. The van der Waals surface area contributed by atoms with E-state index in [-0.39, 0.29) is 0 Å². The number of benzene rings is 1. The molecule has 0 unspecified atom stereocenters. The molecule has 0 aliphatic heterocycles. The van der Waals surface area contributed by atoms with Gasteiger partial charge in [-0.05, 0) is 43.4 Å². The molecule has 1 N–H and O–H groups in total. The highest BCUT2D eigenvalue weighted by Crippen LogP contribution is 2.21. The first-order valence-corrected chi connectivity index (χ1v) is 8.34. The summed E-state index contributed by atoms with van der Waals surface area (Å²) in [4.78, 5) is 2.51. The van der Waals surface area contributed by atoms with Gasteiger partial charge in [-0.1, -0.05) is 38.8 Å². The van der Waals surface area contributed by atoms with Crippen molar-refractivity contribution in [1.29, 1.82) is 0 Å². The number of anilines is 1. The summed E-state index contributed by atoms with van der Waals surface area (Å²) in [6, 6.07) is 9.92. The Morgan fingerprint density at radius 1 is 1.10 bits per heavy atom. The fraction of sp³-hybridized carbons (Fsp3) is 0.667. The van der Waals surface area contributed by atoms with E-state index in [2.05, 4.69) is 55.3 Å². The van der Waals surface area contributed by atoms with Gasteiger partial charge in [0.25, 0.3) is 0 Å². The van der Waals surface area contributed by atoms with Crippen LogP contribution in [0.3, 0.4) is 0 Å².